The van der Waals surface area contributed by atoms with Gasteiger partial charge >= 0.3 is 0 Å². The fourth-order valence-corrected chi connectivity index (χ4v) is 4.44. The van der Waals surface area contributed by atoms with E-state index in [2.05, 4.69) is 12.2 Å². The van der Waals surface area contributed by atoms with E-state index >= 15 is 0 Å². The van der Waals surface area contributed by atoms with Crippen molar-refractivity contribution < 1.29 is 9.13 Å². The number of thioether (sulfide) groups is 1. The summed E-state index contributed by atoms with van der Waals surface area (Å²) in [5.41, 5.74) is 1.11. The first-order chi connectivity index (χ1) is 9.78. The van der Waals surface area contributed by atoms with Crippen LogP contribution in [0.2, 0.25) is 0 Å². The van der Waals surface area contributed by atoms with Gasteiger partial charge in [-0.1, -0.05) is 13.0 Å². The molecular formula is C16H22FNOS. The van der Waals surface area contributed by atoms with E-state index in [4.69, 9.17) is 4.74 Å². The molecule has 3 unspecified atom stereocenters. The normalized spacial score (nSPS) is 29.0. The van der Waals surface area contributed by atoms with Crippen LogP contribution >= 0.6 is 11.8 Å². The number of fused-ring (bicyclic) bond motifs is 1. The first-order valence-electron chi connectivity index (χ1n) is 7.55. The molecule has 1 aromatic rings. The molecule has 2 aliphatic heterocycles. The van der Waals surface area contributed by atoms with Crippen LogP contribution in [0.5, 0.6) is 5.75 Å². The van der Waals surface area contributed by atoms with E-state index < -0.39 is 0 Å². The van der Waals surface area contributed by atoms with Gasteiger partial charge in [0.1, 0.15) is 17.7 Å². The van der Waals surface area contributed by atoms with Crippen LogP contribution in [-0.2, 0) is 0 Å². The minimum atomic E-state index is -0.209. The zero-order chi connectivity index (χ0) is 13.9. The molecule has 0 aliphatic carbocycles. The molecule has 2 heterocycles. The molecule has 0 radical (unpaired) electrons. The second-order valence-corrected chi connectivity index (χ2v) is 6.85. The zero-order valence-corrected chi connectivity index (χ0v) is 12.7. The molecule has 1 aromatic carbocycles. The Kier molecular flexibility index (Phi) is 4.51. The lowest BCUT2D eigenvalue weighted by atomic mass is 9.89. The maximum Gasteiger partial charge on any atom is 0.127 e. The molecule has 1 saturated heterocycles. The fourth-order valence-electron chi connectivity index (χ4n) is 3.12. The molecule has 110 valence electrons. The number of benzene rings is 1. The third kappa shape index (κ3) is 2.96. The Hall–Kier alpha value is -0.740. The number of nitrogens with one attached hydrogen (secondary N) is 1. The van der Waals surface area contributed by atoms with Crippen LogP contribution in [0.4, 0.5) is 4.39 Å². The van der Waals surface area contributed by atoms with Crippen LogP contribution in [0.25, 0.3) is 0 Å². The Bertz CT molecular complexity index is 462. The lowest BCUT2D eigenvalue weighted by Crippen LogP contribution is -2.37. The standard InChI is InChI=1S/C16H22FNOS/c1-2-6-18-14-9-15(11-5-7-20-10-11)19-16-8-12(17)3-4-13(14)16/h3-4,8,11,14-15,18H,2,5-7,9-10H2,1H3. The molecule has 0 aromatic heterocycles. The average molecular weight is 295 g/mol. The summed E-state index contributed by atoms with van der Waals surface area (Å²) in [7, 11) is 0. The number of halogens is 1. The van der Waals surface area contributed by atoms with Gasteiger partial charge in [-0.25, -0.2) is 4.39 Å². The summed E-state index contributed by atoms with van der Waals surface area (Å²) in [5, 5.41) is 3.59. The van der Waals surface area contributed by atoms with Gasteiger partial charge in [0, 0.05) is 30.0 Å². The van der Waals surface area contributed by atoms with Gasteiger partial charge < -0.3 is 10.1 Å². The summed E-state index contributed by atoms with van der Waals surface area (Å²) in [4.78, 5) is 0. The molecule has 0 amide bonds. The van der Waals surface area contributed by atoms with Crippen molar-refractivity contribution in [1.82, 2.24) is 5.32 Å². The maximum absolute atomic E-state index is 13.5. The average Bonchev–Trinajstić information content (AvgIpc) is 2.98. The summed E-state index contributed by atoms with van der Waals surface area (Å²) >= 11 is 2.00. The molecule has 4 heteroatoms. The zero-order valence-electron chi connectivity index (χ0n) is 11.9. The lowest BCUT2D eigenvalue weighted by molar-refractivity contribution is 0.102. The largest absolute Gasteiger partial charge is 0.490 e. The molecule has 1 fully saturated rings. The van der Waals surface area contributed by atoms with Crippen molar-refractivity contribution in [3.8, 4) is 5.75 Å². The first-order valence-corrected chi connectivity index (χ1v) is 8.70. The van der Waals surface area contributed by atoms with Crippen molar-refractivity contribution in [1.29, 1.82) is 0 Å². The van der Waals surface area contributed by atoms with Gasteiger partial charge in [0.2, 0.25) is 0 Å². The third-order valence-corrected chi connectivity index (χ3v) is 5.42. The van der Waals surface area contributed by atoms with E-state index in [1.54, 1.807) is 6.07 Å². The molecule has 0 bridgehead atoms. The monoisotopic (exact) mass is 295 g/mol. The van der Waals surface area contributed by atoms with Gasteiger partial charge in [0.05, 0.1) is 0 Å². The van der Waals surface area contributed by atoms with Gasteiger partial charge in [0.25, 0.3) is 0 Å². The molecular weight excluding hydrogens is 273 g/mol. The van der Waals surface area contributed by atoms with Gasteiger partial charge in [-0.15, -0.1) is 0 Å². The Morgan fingerprint density at radius 3 is 3.10 bits per heavy atom. The highest BCUT2D eigenvalue weighted by atomic mass is 32.2. The fraction of sp³-hybridized carbons (Fsp3) is 0.625. The molecule has 0 saturated carbocycles. The van der Waals surface area contributed by atoms with Gasteiger partial charge in [-0.05, 0) is 37.0 Å². The van der Waals surface area contributed by atoms with Crippen LogP contribution in [0.1, 0.15) is 37.8 Å². The van der Waals surface area contributed by atoms with E-state index in [1.165, 1.54) is 24.0 Å². The summed E-state index contributed by atoms with van der Waals surface area (Å²) in [6.45, 7) is 3.16. The SMILES string of the molecule is CCCNC1CC(C2CCSC2)Oc2cc(F)ccc21. The number of rotatable bonds is 4. The topological polar surface area (TPSA) is 21.3 Å². The smallest absolute Gasteiger partial charge is 0.127 e. The van der Waals surface area contributed by atoms with Gasteiger partial charge in [0.15, 0.2) is 0 Å². The van der Waals surface area contributed by atoms with Crippen LogP contribution in [0, 0.1) is 11.7 Å². The molecule has 3 atom stereocenters. The molecule has 1 N–H and O–H groups in total. The summed E-state index contributed by atoms with van der Waals surface area (Å²) < 4.78 is 19.6. The Morgan fingerprint density at radius 1 is 1.45 bits per heavy atom. The number of hydrogen-bond acceptors (Lipinski definition) is 3. The molecule has 3 rings (SSSR count). The quantitative estimate of drug-likeness (QED) is 0.913. The van der Waals surface area contributed by atoms with Crippen molar-refractivity contribution in [2.45, 2.75) is 38.3 Å². The highest BCUT2D eigenvalue weighted by Crippen LogP contribution is 2.40. The van der Waals surface area contributed by atoms with E-state index in [0.29, 0.717) is 12.0 Å². The molecule has 0 spiro atoms. The Morgan fingerprint density at radius 2 is 2.35 bits per heavy atom. The summed E-state index contributed by atoms with van der Waals surface area (Å²) in [5.74, 6) is 3.55. The predicted molar refractivity (Wildman–Crippen MR) is 81.9 cm³/mol. The highest BCUT2D eigenvalue weighted by molar-refractivity contribution is 7.99. The van der Waals surface area contributed by atoms with Crippen molar-refractivity contribution >= 4 is 11.8 Å². The Balaban J connectivity index is 1.82. The van der Waals surface area contributed by atoms with Crippen molar-refractivity contribution in [2.24, 2.45) is 5.92 Å². The summed E-state index contributed by atoms with van der Waals surface area (Å²) in [6.07, 6.45) is 3.57. The minimum Gasteiger partial charge on any atom is -0.490 e. The number of hydrogen-bond donors (Lipinski definition) is 1. The minimum absolute atomic E-state index is 0.209. The number of ether oxygens (including phenoxy) is 1. The maximum atomic E-state index is 13.5. The van der Waals surface area contributed by atoms with Crippen molar-refractivity contribution in [2.75, 3.05) is 18.1 Å². The Labute approximate surface area is 124 Å². The lowest BCUT2D eigenvalue weighted by Gasteiger charge is -2.35. The second kappa shape index (κ2) is 6.35. The van der Waals surface area contributed by atoms with Crippen LogP contribution in [0.15, 0.2) is 18.2 Å². The van der Waals surface area contributed by atoms with E-state index in [9.17, 15) is 4.39 Å². The molecule has 2 aliphatic rings. The second-order valence-electron chi connectivity index (χ2n) is 5.70. The highest BCUT2D eigenvalue weighted by Gasteiger charge is 2.34. The summed E-state index contributed by atoms with van der Waals surface area (Å²) in [6, 6.07) is 5.26. The van der Waals surface area contributed by atoms with Crippen molar-refractivity contribution in [3.63, 3.8) is 0 Å². The first kappa shape index (κ1) is 14.2. The van der Waals surface area contributed by atoms with E-state index in [1.807, 2.05) is 17.8 Å². The van der Waals surface area contributed by atoms with Crippen LogP contribution in [-0.4, -0.2) is 24.2 Å². The van der Waals surface area contributed by atoms with Crippen molar-refractivity contribution in [3.05, 3.63) is 29.6 Å². The van der Waals surface area contributed by atoms with Crippen LogP contribution < -0.4 is 10.1 Å². The third-order valence-electron chi connectivity index (χ3n) is 4.23. The molecule has 2 nitrogen and oxygen atoms in total. The van der Waals surface area contributed by atoms with Crippen LogP contribution in [0.3, 0.4) is 0 Å². The predicted octanol–water partition coefficient (Wildman–Crippen LogP) is 3.77. The van der Waals surface area contributed by atoms with E-state index in [0.717, 1.165) is 30.7 Å². The van der Waals surface area contributed by atoms with E-state index in [-0.39, 0.29) is 11.9 Å². The van der Waals surface area contributed by atoms with Gasteiger partial charge in [-0.2, -0.15) is 11.8 Å². The molecule has 20 heavy (non-hydrogen) atoms. The van der Waals surface area contributed by atoms with Gasteiger partial charge in [-0.3, -0.25) is 0 Å².